The van der Waals surface area contributed by atoms with Crippen LogP contribution in [0.5, 0.6) is 5.75 Å². The van der Waals surface area contributed by atoms with Gasteiger partial charge in [-0.25, -0.2) is 0 Å². The van der Waals surface area contributed by atoms with Crippen LogP contribution in [0.4, 0.5) is 0 Å². The number of carbonyl (C=O) groups is 2. The molecule has 0 atom stereocenters. The molecule has 0 bridgehead atoms. The molecule has 0 fully saturated rings. The van der Waals surface area contributed by atoms with Crippen molar-refractivity contribution in [3.8, 4) is 5.75 Å². The average molecular weight is 504 g/mol. The molecule has 1 heterocycles. The van der Waals surface area contributed by atoms with Gasteiger partial charge in [-0.3, -0.25) is 9.59 Å². The Labute approximate surface area is 221 Å². The molecule has 0 unspecified atom stereocenters. The van der Waals surface area contributed by atoms with Crippen molar-refractivity contribution in [3.63, 3.8) is 0 Å². The summed E-state index contributed by atoms with van der Waals surface area (Å²) in [5.41, 5.74) is 3.44. The Bertz CT molecular complexity index is 1190. The molecule has 0 saturated heterocycles. The van der Waals surface area contributed by atoms with E-state index in [1.54, 1.807) is 12.0 Å². The molecule has 0 spiro atoms. The molecule has 0 saturated carbocycles. The molecule has 1 aromatic heterocycles. The largest absolute Gasteiger partial charge is 0.497 e. The molecule has 198 valence electrons. The van der Waals surface area contributed by atoms with Crippen molar-refractivity contribution in [3.05, 3.63) is 89.2 Å². The molecule has 6 nitrogen and oxygen atoms in total. The molecule has 0 radical (unpaired) electrons. The van der Waals surface area contributed by atoms with Gasteiger partial charge in [0.05, 0.1) is 13.7 Å². The van der Waals surface area contributed by atoms with E-state index in [4.69, 9.17) is 4.74 Å². The van der Waals surface area contributed by atoms with Crippen molar-refractivity contribution < 1.29 is 14.3 Å². The van der Waals surface area contributed by atoms with Crippen LogP contribution in [0.3, 0.4) is 0 Å². The van der Waals surface area contributed by atoms with Gasteiger partial charge in [0, 0.05) is 36.1 Å². The number of carbonyl (C=O) groups excluding carboxylic acids is 2. The lowest BCUT2D eigenvalue weighted by Gasteiger charge is -2.38. The van der Waals surface area contributed by atoms with Crippen molar-refractivity contribution in [1.29, 1.82) is 0 Å². The maximum absolute atomic E-state index is 13.8. The van der Waals surface area contributed by atoms with Crippen LogP contribution in [-0.2, 0) is 17.9 Å². The Morgan fingerprint density at radius 3 is 2.32 bits per heavy atom. The number of ether oxygens (including phenoxy) is 1. The highest BCUT2D eigenvalue weighted by Gasteiger charge is 2.30. The maximum atomic E-state index is 13.8. The van der Waals surface area contributed by atoms with Gasteiger partial charge in [0.1, 0.15) is 12.3 Å². The van der Waals surface area contributed by atoms with Crippen molar-refractivity contribution in [2.45, 2.75) is 60.2 Å². The van der Waals surface area contributed by atoms with Crippen LogP contribution < -0.4 is 4.74 Å². The molecule has 0 N–H and O–H groups in total. The summed E-state index contributed by atoms with van der Waals surface area (Å²) in [6.07, 6.45) is 2.03. The summed E-state index contributed by atoms with van der Waals surface area (Å²) in [6, 6.07) is 19.6. The summed E-state index contributed by atoms with van der Waals surface area (Å²) < 4.78 is 7.53. The van der Waals surface area contributed by atoms with E-state index in [1.807, 2.05) is 87.3 Å². The standard InChI is InChI=1S/C31H41N3O3/c1-23(2)19-33(30(36)26-15-13-24(3)14-16-26)22-29(35)34(31(4,5)6)21-27-11-9-17-32(27)20-25-10-8-12-28(18-25)37-7/h8-18,23H,19-22H2,1-7H3. The number of aryl methyl sites for hydroxylation is 1. The molecule has 2 amide bonds. The van der Waals surface area contributed by atoms with E-state index >= 15 is 0 Å². The minimum atomic E-state index is -0.418. The van der Waals surface area contributed by atoms with Crippen molar-refractivity contribution >= 4 is 11.8 Å². The fourth-order valence-corrected chi connectivity index (χ4v) is 4.36. The normalized spacial score (nSPS) is 11.5. The first kappa shape index (κ1) is 28.0. The molecular weight excluding hydrogens is 462 g/mol. The van der Waals surface area contributed by atoms with Crippen molar-refractivity contribution in [2.75, 3.05) is 20.2 Å². The highest BCUT2D eigenvalue weighted by atomic mass is 16.5. The Kier molecular flexibility index (Phi) is 9.19. The average Bonchev–Trinajstić information content (AvgIpc) is 3.27. The number of methoxy groups -OCH3 is 1. The van der Waals surface area contributed by atoms with E-state index in [0.29, 0.717) is 25.2 Å². The summed E-state index contributed by atoms with van der Waals surface area (Å²) in [5, 5.41) is 0. The highest BCUT2D eigenvalue weighted by Crippen LogP contribution is 2.21. The minimum Gasteiger partial charge on any atom is -0.497 e. The van der Waals surface area contributed by atoms with Crippen molar-refractivity contribution in [2.24, 2.45) is 5.92 Å². The first-order valence-electron chi connectivity index (χ1n) is 12.9. The van der Waals surface area contributed by atoms with E-state index in [9.17, 15) is 9.59 Å². The molecule has 3 aromatic rings. The van der Waals surface area contributed by atoms with Crippen LogP contribution in [0.2, 0.25) is 0 Å². The van der Waals surface area contributed by atoms with Gasteiger partial charge in [-0.05, 0) is 75.6 Å². The van der Waals surface area contributed by atoms with Crippen molar-refractivity contribution in [1.82, 2.24) is 14.4 Å². The fraction of sp³-hybridized carbons (Fsp3) is 0.419. The smallest absolute Gasteiger partial charge is 0.254 e. The van der Waals surface area contributed by atoms with Gasteiger partial charge < -0.3 is 19.1 Å². The second kappa shape index (κ2) is 12.1. The highest BCUT2D eigenvalue weighted by molar-refractivity contribution is 5.96. The van der Waals surface area contributed by atoms with E-state index in [-0.39, 0.29) is 24.3 Å². The van der Waals surface area contributed by atoms with E-state index in [0.717, 1.165) is 22.6 Å². The van der Waals surface area contributed by atoms with E-state index in [2.05, 4.69) is 30.5 Å². The van der Waals surface area contributed by atoms with Gasteiger partial charge in [0.15, 0.2) is 0 Å². The van der Waals surface area contributed by atoms with Crippen LogP contribution in [0.25, 0.3) is 0 Å². The predicted molar refractivity (Wildman–Crippen MR) is 149 cm³/mol. The Balaban J connectivity index is 1.81. The lowest BCUT2D eigenvalue weighted by molar-refractivity contribution is -0.137. The molecular formula is C31H41N3O3. The summed E-state index contributed by atoms with van der Waals surface area (Å²) in [6.45, 7) is 13.9. The minimum absolute atomic E-state index is 0.0404. The topological polar surface area (TPSA) is 54.8 Å². The first-order valence-corrected chi connectivity index (χ1v) is 12.9. The quantitative estimate of drug-likeness (QED) is 0.352. The van der Waals surface area contributed by atoms with Gasteiger partial charge in [-0.15, -0.1) is 0 Å². The maximum Gasteiger partial charge on any atom is 0.254 e. The van der Waals surface area contributed by atoms with Crippen LogP contribution in [-0.4, -0.2) is 51.9 Å². The molecule has 37 heavy (non-hydrogen) atoms. The summed E-state index contributed by atoms with van der Waals surface area (Å²) in [5.74, 6) is 0.881. The number of rotatable bonds is 10. The lowest BCUT2D eigenvalue weighted by Crippen LogP contribution is -2.50. The number of amides is 2. The molecule has 0 aliphatic carbocycles. The summed E-state index contributed by atoms with van der Waals surface area (Å²) in [4.78, 5) is 30.7. The second-order valence-corrected chi connectivity index (χ2v) is 11.1. The van der Waals surface area contributed by atoms with Crippen LogP contribution in [0, 0.1) is 12.8 Å². The zero-order valence-corrected chi connectivity index (χ0v) is 23.3. The van der Waals surface area contributed by atoms with Crippen LogP contribution in [0.15, 0.2) is 66.9 Å². The SMILES string of the molecule is COc1cccc(Cn2cccc2CN(C(=O)CN(CC(C)C)C(=O)c2ccc(C)cc2)C(C)(C)C)c1. The number of benzene rings is 2. The van der Waals surface area contributed by atoms with E-state index in [1.165, 1.54) is 0 Å². The first-order chi connectivity index (χ1) is 17.5. The predicted octanol–water partition coefficient (Wildman–Crippen LogP) is 5.78. The zero-order chi connectivity index (χ0) is 27.2. The third-order valence-corrected chi connectivity index (χ3v) is 6.34. The van der Waals surface area contributed by atoms with Crippen LogP contribution >= 0.6 is 0 Å². The van der Waals surface area contributed by atoms with Gasteiger partial charge in [-0.2, -0.15) is 0 Å². The molecule has 0 aliphatic rings. The number of hydrogen-bond donors (Lipinski definition) is 0. The summed E-state index contributed by atoms with van der Waals surface area (Å²) in [7, 11) is 1.67. The molecule has 3 rings (SSSR count). The number of hydrogen-bond acceptors (Lipinski definition) is 3. The Morgan fingerprint density at radius 1 is 1.00 bits per heavy atom. The molecule has 0 aliphatic heterocycles. The second-order valence-electron chi connectivity index (χ2n) is 11.1. The Hall–Kier alpha value is -3.54. The molecule has 6 heteroatoms. The fourth-order valence-electron chi connectivity index (χ4n) is 4.36. The number of nitrogens with zero attached hydrogens (tertiary/aromatic N) is 3. The van der Waals surface area contributed by atoms with Gasteiger partial charge in [0.2, 0.25) is 5.91 Å². The van der Waals surface area contributed by atoms with Crippen LogP contribution in [0.1, 0.15) is 61.8 Å². The third kappa shape index (κ3) is 7.72. The number of aromatic nitrogens is 1. The van der Waals surface area contributed by atoms with Gasteiger partial charge >= 0.3 is 0 Å². The van der Waals surface area contributed by atoms with Gasteiger partial charge in [0.25, 0.3) is 5.91 Å². The lowest BCUT2D eigenvalue weighted by atomic mass is 10.0. The van der Waals surface area contributed by atoms with Gasteiger partial charge in [-0.1, -0.05) is 43.7 Å². The Morgan fingerprint density at radius 2 is 1.70 bits per heavy atom. The van der Waals surface area contributed by atoms with E-state index < -0.39 is 5.54 Å². The monoisotopic (exact) mass is 503 g/mol. The third-order valence-electron chi connectivity index (χ3n) is 6.34. The summed E-state index contributed by atoms with van der Waals surface area (Å²) >= 11 is 0. The zero-order valence-electron chi connectivity index (χ0n) is 23.3. The molecule has 2 aromatic carbocycles.